The third-order valence-corrected chi connectivity index (χ3v) is 2.49. The second-order valence-corrected chi connectivity index (χ2v) is 3.74. The molecule has 0 saturated heterocycles. The van der Waals surface area contributed by atoms with Crippen molar-refractivity contribution in [1.82, 2.24) is 4.98 Å². The molecule has 2 rings (SSSR count). The van der Waals surface area contributed by atoms with E-state index in [1.165, 1.54) is 6.07 Å². The molecular formula is C12H12F2N2. The molecule has 16 heavy (non-hydrogen) atoms. The Labute approximate surface area is 92.1 Å². The quantitative estimate of drug-likeness (QED) is 0.848. The second kappa shape index (κ2) is 3.79. The molecule has 0 unspecified atom stereocenters. The molecular weight excluding hydrogens is 210 g/mol. The molecule has 0 radical (unpaired) electrons. The summed E-state index contributed by atoms with van der Waals surface area (Å²) in [4.78, 5) is 4.21. The number of nitrogens with two attached hydrogens (primary N) is 1. The summed E-state index contributed by atoms with van der Waals surface area (Å²) < 4.78 is 27.3. The largest absolute Gasteiger partial charge is 0.325 e. The average Bonchev–Trinajstić information content (AvgIpc) is 2.28. The molecule has 1 heterocycles. The number of rotatable bonds is 2. The first-order chi connectivity index (χ1) is 7.54. The minimum Gasteiger partial charge on any atom is -0.325 e. The van der Waals surface area contributed by atoms with E-state index in [0.29, 0.717) is 16.6 Å². The molecule has 0 amide bonds. The molecule has 0 saturated carbocycles. The smallest absolute Gasteiger partial charge is 0.285 e. The molecule has 1 aromatic carbocycles. The number of pyridine rings is 1. The van der Waals surface area contributed by atoms with E-state index in [1.54, 1.807) is 31.2 Å². The van der Waals surface area contributed by atoms with Gasteiger partial charge in [0, 0.05) is 16.6 Å². The number of hydrogen-bond donors (Lipinski definition) is 1. The Bertz CT molecular complexity index is 523. The molecule has 1 aromatic heterocycles. The first kappa shape index (κ1) is 11.0. The van der Waals surface area contributed by atoms with Crippen molar-refractivity contribution in [3.05, 3.63) is 41.6 Å². The summed E-state index contributed by atoms with van der Waals surface area (Å²) in [5.41, 5.74) is 6.21. The van der Waals surface area contributed by atoms with Crippen LogP contribution in [0.25, 0.3) is 10.9 Å². The van der Waals surface area contributed by atoms with Gasteiger partial charge in [0.15, 0.2) is 0 Å². The molecule has 0 fully saturated rings. The lowest BCUT2D eigenvalue weighted by Gasteiger charge is -2.17. The highest BCUT2D eigenvalue weighted by Crippen LogP contribution is 2.32. The molecule has 84 valence electrons. The molecule has 0 bridgehead atoms. The summed E-state index contributed by atoms with van der Waals surface area (Å²) in [6.07, 6.45) is 0. The summed E-state index contributed by atoms with van der Waals surface area (Å²) in [7, 11) is 0. The van der Waals surface area contributed by atoms with Crippen LogP contribution in [0, 0.1) is 6.92 Å². The zero-order valence-corrected chi connectivity index (χ0v) is 8.87. The number of fused-ring (bicyclic) bond motifs is 1. The van der Waals surface area contributed by atoms with Crippen molar-refractivity contribution < 1.29 is 8.78 Å². The Morgan fingerprint density at radius 3 is 2.69 bits per heavy atom. The predicted molar refractivity (Wildman–Crippen MR) is 59.4 cm³/mol. The van der Waals surface area contributed by atoms with E-state index in [9.17, 15) is 8.78 Å². The Kier molecular flexibility index (Phi) is 2.59. The highest BCUT2D eigenvalue weighted by Gasteiger charge is 2.31. The van der Waals surface area contributed by atoms with E-state index in [1.807, 2.05) is 0 Å². The number of hydrogen-bond acceptors (Lipinski definition) is 2. The SMILES string of the molecule is Cc1cc(C(F)(F)CN)c2ccccc2n1. The van der Waals surface area contributed by atoms with Gasteiger partial charge in [-0.2, -0.15) is 8.78 Å². The van der Waals surface area contributed by atoms with Crippen LogP contribution < -0.4 is 5.73 Å². The van der Waals surface area contributed by atoms with Crippen molar-refractivity contribution in [1.29, 1.82) is 0 Å². The van der Waals surface area contributed by atoms with Gasteiger partial charge in [0.1, 0.15) is 0 Å². The maximum Gasteiger partial charge on any atom is 0.285 e. The molecule has 4 heteroatoms. The van der Waals surface area contributed by atoms with Gasteiger partial charge in [0.25, 0.3) is 5.92 Å². The molecule has 2 N–H and O–H groups in total. The fourth-order valence-electron chi connectivity index (χ4n) is 1.72. The Morgan fingerprint density at radius 2 is 2.00 bits per heavy atom. The summed E-state index contributed by atoms with van der Waals surface area (Å²) in [5.74, 6) is -3.01. The number of para-hydroxylation sites is 1. The van der Waals surface area contributed by atoms with E-state index in [0.717, 1.165) is 0 Å². The highest BCUT2D eigenvalue weighted by molar-refractivity contribution is 5.83. The molecule has 0 aliphatic rings. The third-order valence-electron chi connectivity index (χ3n) is 2.49. The van der Waals surface area contributed by atoms with Crippen LogP contribution in [0.2, 0.25) is 0 Å². The van der Waals surface area contributed by atoms with Gasteiger partial charge in [0.05, 0.1) is 12.1 Å². The van der Waals surface area contributed by atoms with Crippen molar-refractivity contribution in [3.8, 4) is 0 Å². The van der Waals surface area contributed by atoms with Crippen LogP contribution in [0.1, 0.15) is 11.3 Å². The summed E-state index contributed by atoms with van der Waals surface area (Å²) in [5, 5.41) is 0.462. The standard InChI is InChI=1S/C12H12F2N2/c1-8-6-10(12(13,14)7-15)9-4-2-3-5-11(9)16-8/h2-6H,7,15H2,1H3. The number of aryl methyl sites for hydroxylation is 1. The van der Waals surface area contributed by atoms with Gasteiger partial charge < -0.3 is 5.73 Å². The highest BCUT2D eigenvalue weighted by atomic mass is 19.3. The van der Waals surface area contributed by atoms with Crippen LogP contribution >= 0.6 is 0 Å². The number of alkyl halides is 2. The molecule has 2 aromatic rings. The monoisotopic (exact) mass is 222 g/mol. The number of halogens is 2. The Hall–Kier alpha value is -1.55. The maximum absolute atomic E-state index is 13.6. The van der Waals surface area contributed by atoms with Crippen molar-refractivity contribution in [2.24, 2.45) is 5.73 Å². The predicted octanol–water partition coefficient (Wildman–Crippen LogP) is 2.59. The van der Waals surface area contributed by atoms with E-state index in [-0.39, 0.29) is 5.56 Å². The molecule has 2 nitrogen and oxygen atoms in total. The van der Waals surface area contributed by atoms with E-state index >= 15 is 0 Å². The topological polar surface area (TPSA) is 38.9 Å². The maximum atomic E-state index is 13.6. The number of nitrogens with zero attached hydrogens (tertiary/aromatic N) is 1. The Balaban J connectivity index is 2.77. The first-order valence-electron chi connectivity index (χ1n) is 4.99. The van der Waals surface area contributed by atoms with Crippen LogP contribution in [0.4, 0.5) is 8.78 Å². The van der Waals surface area contributed by atoms with Gasteiger partial charge in [0.2, 0.25) is 0 Å². The lowest BCUT2D eigenvalue weighted by molar-refractivity contribution is 0.00742. The van der Waals surface area contributed by atoms with Gasteiger partial charge in [-0.15, -0.1) is 0 Å². The van der Waals surface area contributed by atoms with Gasteiger partial charge >= 0.3 is 0 Å². The lowest BCUT2D eigenvalue weighted by atomic mass is 10.0. The van der Waals surface area contributed by atoms with Gasteiger partial charge in [-0.25, -0.2) is 0 Å². The average molecular weight is 222 g/mol. The third kappa shape index (κ3) is 1.76. The fraction of sp³-hybridized carbons (Fsp3) is 0.250. The van der Waals surface area contributed by atoms with Crippen molar-refractivity contribution >= 4 is 10.9 Å². The van der Waals surface area contributed by atoms with Crippen molar-refractivity contribution in [3.63, 3.8) is 0 Å². The van der Waals surface area contributed by atoms with Crippen LogP contribution in [0.3, 0.4) is 0 Å². The van der Waals surface area contributed by atoms with Crippen LogP contribution in [0.15, 0.2) is 30.3 Å². The number of aromatic nitrogens is 1. The van der Waals surface area contributed by atoms with E-state index in [4.69, 9.17) is 5.73 Å². The van der Waals surface area contributed by atoms with Gasteiger partial charge in [-0.1, -0.05) is 18.2 Å². The summed E-state index contributed by atoms with van der Waals surface area (Å²) in [6.45, 7) is 1.00. The van der Waals surface area contributed by atoms with E-state index in [2.05, 4.69) is 4.98 Å². The zero-order valence-electron chi connectivity index (χ0n) is 8.87. The summed E-state index contributed by atoms with van der Waals surface area (Å²) >= 11 is 0. The molecule has 0 atom stereocenters. The Morgan fingerprint density at radius 1 is 1.31 bits per heavy atom. The minimum absolute atomic E-state index is 0.0434. The number of benzene rings is 1. The lowest BCUT2D eigenvalue weighted by Crippen LogP contribution is -2.25. The minimum atomic E-state index is -3.01. The van der Waals surface area contributed by atoms with Crippen molar-refractivity contribution in [2.45, 2.75) is 12.8 Å². The normalized spacial score (nSPS) is 12.0. The van der Waals surface area contributed by atoms with Crippen LogP contribution in [-0.2, 0) is 5.92 Å². The molecule has 0 aliphatic carbocycles. The van der Waals surface area contributed by atoms with Crippen LogP contribution in [0.5, 0.6) is 0 Å². The first-order valence-corrected chi connectivity index (χ1v) is 4.99. The zero-order chi connectivity index (χ0) is 11.8. The van der Waals surface area contributed by atoms with Crippen molar-refractivity contribution in [2.75, 3.05) is 6.54 Å². The molecule has 0 aliphatic heterocycles. The van der Waals surface area contributed by atoms with Crippen LogP contribution in [-0.4, -0.2) is 11.5 Å². The molecule has 0 spiro atoms. The van der Waals surface area contributed by atoms with Gasteiger partial charge in [-0.3, -0.25) is 4.98 Å². The van der Waals surface area contributed by atoms with Gasteiger partial charge in [-0.05, 0) is 19.1 Å². The van der Waals surface area contributed by atoms with E-state index < -0.39 is 12.5 Å². The summed E-state index contributed by atoms with van der Waals surface area (Å²) in [6, 6.07) is 8.25. The fourth-order valence-corrected chi connectivity index (χ4v) is 1.72. The second-order valence-electron chi connectivity index (χ2n) is 3.74.